The van der Waals surface area contributed by atoms with Crippen molar-refractivity contribution in [3.8, 4) is 5.75 Å². The fraction of sp³-hybridized carbons (Fsp3) is 0.412. The summed E-state index contributed by atoms with van der Waals surface area (Å²) in [6, 6.07) is 11.4. The molecule has 0 saturated carbocycles. The highest BCUT2D eigenvalue weighted by Gasteiger charge is 2.16. The van der Waals surface area contributed by atoms with Gasteiger partial charge < -0.3 is 10.1 Å². The summed E-state index contributed by atoms with van der Waals surface area (Å²) in [6.45, 7) is 1.14. The highest BCUT2D eigenvalue weighted by Crippen LogP contribution is 2.29. The van der Waals surface area contributed by atoms with Crippen LogP contribution in [0.1, 0.15) is 24.8 Å². The molecule has 1 N–H and O–H groups in total. The molecular weight excluding hydrogens is 314 g/mol. The average Bonchev–Trinajstić information content (AvgIpc) is 2.47. The van der Waals surface area contributed by atoms with Crippen LogP contribution >= 0.6 is 15.9 Å². The molecule has 2 aromatic carbocycles. The number of piperidine rings is 1. The Kier molecular flexibility index (Phi) is 4.27. The Morgan fingerprint density at radius 1 is 1.20 bits per heavy atom. The van der Waals surface area contributed by atoms with Crippen LogP contribution in [-0.2, 0) is 6.42 Å². The SMILES string of the molecule is COc1cc2ccc(Br)cc2cc1CC1CCCCN1. The minimum absolute atomic E-state index is 0.585. The van der Waals surface area contributed by atoms with E-state index in [1.807, 2.05) is 0 Å². The summed E-state index contributed by atoms with van der Waals surface area (Å²) in [5, 5.41) is 6.11. The first kappa shape index (κ1) is 13.9. The number of hydrogen-bond donors (Lipinski definition) is 1. The normalized spacial score (nSPS) is 19.2. The van der Waals surface area contributed by atoms with Gasteiger partial charge in [-0.2, -0.15) is 0 Å². The van der Waals surface area contributed by atoms with Gasteiger partial charge in [-0.15, -0.1) is 0 Å². The second kappa shape index (κ2) is 6.15. The van der Waals surface area contributed by atoms with Crippen molar-refractivity contribution in [3.63, 3.8) is 0 Å². The second-order valence-corrected chi connectivity index (χ2v) is 6.42. The largest absolute Gasteiger partial charge is 0.496 e. The zero-order chi connectivity index (χ0) is 13.9. The third-order valence-electron chi connectivity index (χ3n) is 4.08. The van der Waals surface area contributed by atoms with Crippen LogP contribution in [0.2, 0.25) is 0 Å². The molecule has 0 amide bonds. The van der Waals surface area contributed by atoms with Crippen molar-refractivity contribution in [2.24, 2.45) is 0 Å². The van der Waals surface area contributed by atoms with Crippen LogP contribution < -0.4 is 10.1 Å². The van der Waals surface area contributed by atoms with E-state index in [1.165, 1.54) is 35.6 Å². The number of fused-ring (bicyclic) bond motifs is 1. The average molecular weight is 334 g/mol. The molecule has 0 aliphatic carbocycles. The first-order valence-corrected chi connectivity index (χ1v) is 8.05. The lowest BCUT2D eigenvalue weighted by Crippen LogP contribution is -2.35. The van der Waals surface area contributed by atoms with Gasteiger partial charge in [0.15, 0.2) is 0 Å². The number of rotatable bonds is 3. The molecule has 1 fully saturated rings. The van der Waals surface area contributed by atoms with E-state index in [-0.39, 0.29) is 0 Å². The molecule has 1 heterocycles. The Balaban J connectivity index is 1.94. The van der Waals surface area contributed by atoms with Gasteiger partial charge in [0, 0.05) is 10.5 Å². The number of halogens is 1. The molecule has 1 saturated heterocycles. The van der Waals surface area contributed by atoms with Crippen molar-refractivity contribution in [2.45, 2.75) is 31.7 Å². The Bertz CT molecular complexity index is 605. The number of ether oxygens (including phenoxy) is 1. The molecule has 2 aromatic rings. The summed E-state index contributed by atoms with van der Waals surface area (Å²) < 4.78 is 6.71. The van der Waals surface area contributed by atoms with Gasteiger partial charge in [0.1, 0.15) is 5.75 Å². The Hall–Kier alpha value is -1.06. The van der Waals surface area contributed by atoms with E-state index in [1.54, 1.807) is 7.11 Å². The van der Waals surface area contributed by atoms with Gasteiger partial charge in [0.05, 0.1) is 7.11 Å². The summed E-state index contributed by atoms with van der Waals surface area (Å²) in [6.07, 6.45) is 4.95. The van der Waals surface area contributed by atoms with Crippen molar-refractivity contribution >= 4 is 26.7 Å². The molecule has 0 spiro atoms. The predicted octanol–water partition coefficient (Wildman–Crippen LogP) is 4.30. The second-order valence-electron chi connectivity index (χ2n) is 5.51. The van der Waals surface area contributed by atoms with E-state index in [4.69, 9.17) is 4.74 Å². The van der Waals surface area contributed by atoms with Gasteiger partial charge in [0.25, 0.3) is 0 Å². The topological polar surface area (TPSA) is 21.3 Å². The monoisotopic (exact) mass is 333 g/mol. The van der Waals surface area contributed by atoms with Gasteiger partial charge in [0.2, 0.25) is 0 Å². The number of hydrogen-bond acceptors (Lipinski definition) is 2. The molecule has 1 atom stereocenters. The zero-order valence-corrected chi connectivity index (χ0v) is 13.4. The molecule has 3 rings (SSSR count). The molecule has 2 nitrogen and oxygen atoms in total. The quantitative estimate of drug-likeness (QED) is 0.904. The Labute approximate surface area is 128 Å². The molecule has 0 bridgehead atoms. The highest BCUT2D eigenvalue weighted by molar-refractivity contribution is 9.10. The van der Waals surface area contributed by atoms with Crippen molar-refractivity contribution in [3.05, 3.63) is 40.4 Å². The van der Waals surface area contributed by atoms with Gasteiger partial charge in [-0.25, -0.2) is 0 Å². The van der Waals surface area contributed by atoms with Gasteiger partial charge in [-0.05, 0) is 66.4 Å². The highest BCUT2D eigenvalue weighted by atomic mass is 79.9. The lowest BCUT2D eigenvalue weighted by atomic mass is 9.95. The lowest BCUT2D eigenvalue weighted by Gasteiger charge is -2.24. The van der Waals surface area contributed by atoms with Crippen LogP contribution in [0, 0.1) is 0 Å². The third-order valence-corrected chi connectivity index (χ3v) is 4.57. The zero-order valence-electron chi connectivity index (χ0n) is 11.8. The van der Waals surface area contributed by atoms with Crippen molar-refractivity contribution in [2.75, 3.05) is 13.7 Å². The van der Waals surface area contributed by atoms with Crippen LogP contribution in [0.4, 0.5) is 0 Å². The maximum absolute atomic E-state index is 5.59. The van der Waals surface area contributed by atoms with E-state index in [0.29, 0.717) is 6.04 Å². The van der Waals surface area contributed by atoms with E-state index in [2.05, 4.69) is 51.6 Å². The third kappa shape index (κ3) is 2.99. The van der Waals surface area contributed by atoms with Gasteiger partial charge >= 0.3 is 0 Å². The maximum Gasteiger partial charge on any atom is 0.122 e. The van der Waals surface area contributed by atoms with Crippen molar-refractivity contribution in [1.82, 2.24) is 5.32 Å². The molecule has 0 radical (unpaired) electrons. The standard InChI is InChI=1S/C17H20BrNO/c1-20-17-11-12-5-6-15(18)9-13(12)8-14(17)10-16-4-2-3-7-19-16/h5-6,8-9,11,16,19H,2-4,7,10H2,1H3. The number of nitrogens with one attached hydrogen (secondary N) is 1. The van der Waals surface area contributed by atoms with E-state index < -0.39 is 0 Å². The summed E-state index contributed by atoms with van der Waals surface area (Å²) in [5.74, 6) is 1.01. The molecule has 1 unspecified atom stereocenters. The van der Waals surface area contributed by atoms with Crippen LogP contribution in [0.25, 0.3) is 10.8 Å². The van der Waals surface area contributed by atoms with Crippen molar-refractivity contribution < 1.29 is 4.74 Å². The summed E-state index contributed by atoms with van der Waals surface area (Å²) in [7, 11) is 1.76. The smallest absolute Gasteiger partial charge is 0.122 e. The first-order valence-electron chi connectivity index (χ1n) is 7.26. The van der Waals surface area contributed by atoms with Crippen LogP contribution in [-0.4, -0.2) is 19.7 Å². The van der Waals surface area contributed by atoms with Crippen molar-refractivity contribution in [1.29, 1.82) is 0 Å². The Morgan fingerprint density at radius 3 is 2.85 bits per heavy atom. The molecule has 1 aliphatic rings. The Morgan fingerprint density at radius 2 is 2.10 bits per heavy atom. The maximum atomic E-state index is 5.59. The van der Waals surface area contributed by atoms with Crippen LogP contribution in [0.5, 0.6) is 5.75 Å². The molecule has 0 aromatic heterocycles. The first-order chi connectivity index (χ1) is 9.76. The summed E-state index contributed by atoms with van der Waals surface area (Å²) in [4.78, 5) is 0. The number of benzene rings is 2. The predicted molar refractivity (Wildman–Crippen MR) is 87.5 cm³/mol. The van der Waals surface area contributed by atoms with E-state index in [9.17, 15) is 0 Å². The van der Waals surface area contributed by atoms with E-state index in [0.717, 1.165) is 23.2 Å². The lowest BCUT2D eigenvalue weighted by molar-refractivity contribution is 0.382. The molecule has 3 heteroatoms. The van der Waals surface area contributed by atoms with Crippen LogP contribution in [0.3, 0.4) is 0 Å². The summed E-state index contributed by atoms with van der Waals surface area (Å²) >= 11 is 3.55. The molecule has 1 aliphatic heterocycles. The van der Waals surface area contributed by atoms with Gasteiger partial charge in [-0.3, -0.25) is 0 Å². The minimum atomic E-state index is 0.585. The van der Waals surface area contributed by atoms with E-state index >= 15 is 0 Å². The van der Waals surface area contributed by atoms with Crippen LogP contribution in [0.15, 0.2) is 34.8 Å². The number of methoxy groups -OCH3 is 1. The molecule has 106 valence electrons. The summed E-state index contributed by atoms with van der Waals surface area (Å²) in [5.41, 5.74) is 1.30. The fourth-order valence-electron chi connectivity index (χ4n) is 3.01. The fourth-order valence-corrected chi connectivity index (χ4v) is 3.39. The minimum Gasteiger partial charge on any atom is -0.496 e. The van der Waals surface area contributed by atoms with Gasteiger partial charge in [-0.1, -0.05) is 28.4 Å². The molecule has 20 heavy (non-hydrogen) atoms. The molecular formula is C17H20BrNO.